The molecule has 2 fully saturated rings. The second-order valence-corrected chi connectivity index (χ2v) is 3.62. The zero-order chi connectivity index (χ0) is 8.60. The van der Waals surface area contributed by atoms with Gasteiger partial charge in [-0.2, -0.15) is 0 Å². The average molecular weight is 171 g/mol. The highest BCUT2D eigenvalue weighted by molar-refractivity contribution is 5.75. The first-order chi connectivity index (χ1) is 5.73. The lowest BCUT2D eigenvalue weighted by atomic mass is 9.78. The molecule has 1 saturated heterocycles. The van der Waals surface area contributed by atoms with E-state index in [-0.39, 0.29) is 17.6 Å². The van der Waals surface area contributed by atoms with Gasteiger partial charge in [-0.05, 0) is 12.8 Å². The Hall–Kier alpha value is -0.610. The maximum atomic E-state index is 10.7. The van der Waals surface area contributed by atoms with E-state index in [1.807, 2.05) is 0 Å². The molecular formula is C8H13NO3. The number of carbonyl (C=O) groups is 1. The quantitative estimate of drug-likeness (QED) is 0.615. The van der Waals surface area contributed by atoms with Gasteiger partial charge < -0.3 is 5.73 Å². The van der Waals surface area contributed by atoms with E-state index >= 15 is 0 Å². The molecule has 2 rings (SSSR count). The van der Waals surface area contributed by atoms with E-state index in [1.165, 1.54) is 0 Å². The Bertz CT molecular complexity index is 206. The highest BCUT2D eigenvalue weighted by Crippen LogP contribution is 2.43. The molecule has 2 atom stereocenters. The summed E-state index contributed by atoms with van der Waals surface area (Å²) in [6.45, 7) is 0. The molecule has 1 heterocycles. The smallest absolute Gasteiger partial charge is 0.220 e. The fourth-order valence-electron chi connectivity index (χ4n) is 2.05. The molecule has 1 aliphatic heterocycles. The van der Waals surface area contributed by atoms with Crippen molar-refractivity contribution in [3.05, 3.63) is 0 Å². The predicted octanol–water partition coefficient (Wildman–Crippen LogP) is 0.505. The zero-order valence-electron chi connectivity index (χ0n) is 6.91. The van der Waals surface area contributed by atoms with E-state index in [0.29, 0.717) is 6.42 Å². The van der Waals surface area contributed by atoms with Crippen LogP contribution in [-0.4, -0.2) is 17.6 Å². The van der Waals surface area contributed by atoms with Crippen molar-refractivity contribution in [1.29, 1.82) is 0 Å². The summed E-state index contributed by atoms with van der Waals surface area (Å²) in [5.74, 6) is -0.301. The average Bonchev–Trinajstić information content (AvgIpc) is 1.97. The first-order valence-electron chi connectivity index (χ1n) is 4.36. The summed E-state index contributed by atoms with van der Waals surface area (Å²) in [7, 11) is 0. The predicted molar refractivity (Wildman–Crippen MR) is 41.0 cm³/mol. The van der Waals surface area contributed by atoms with Crippen LogP contribution < -0.4 is 5.73 Å². The van der Waals surface area contributed by atoms with Crippen LogP contribution in [0.5, 0.6) is 0 Å². The molecule has 0 aromatic carbocycles. The number of amides is 1. The number of nitrogens with two attached hydrogens (primary N) is 1. The minimum Gasteiger partial charge on any atom is -0.370 e. The van der Waals surface area contributed by atoms with Crippen molar-refractivity contribution < 1.29 is 14.6 Å². The van der Waals surface area contributed by atoms with Crippen LogP contribution in [0, 0.1) is 0 Å². The van der Waals surface area contributed by atoms with Crippen molar-refractivity contribution >= 4 is 5.91 Å². The number of fused-ring (bicyclic) bond motifs is 1. The highest BCUT2D eigenvalue weighted by Gasteiger charge is 2.53. The Labute approximate surface area is 70.9 Å². The Kier molecular flexibility index (Phi) is 1.81. The molecule has 0 radical (unpaired) electrons. The van der Waals surface area contributed by atoms with Crippen LogP contribution >= 0.6 is 0 Å². The van der Waals surface area contributed by atoms with Crippen molar-refractivity contribution in [2.24, 2.45) is 5.73 Å². The maximum Gasteiger partial charge on any atom is 0.220 e. The van der Waals surface area contributed by atoms with E-state index in [9.17, 15) is 4.79 Å². The first kappa shape index (κ1) is 8.01. The van der Waals surface area contributed by atoms with Gasteiger partial charge in [0.15, 0.2) is 0 Å². The van der Waals surface area contributed by atoms with Crippen molar-refractivity contribution in [2.45, 2.75) is 43.8 Å². The molecule has 1 aliphatic carbocycles. The molecule has 0 aromatic rings. The van der Waals surface area contributed by atoms with Gasteiger partial charge in [0.05, 0.1) is 6.42 Å². The Morgan fingerprint density at radius 3 is 2.92 bits per heavy atom. The minimum absolute atomic E-state index is 0.110. The van der Waals surface area contributed by atoms with Crippen LogP contribution in [0.4, 0.5) is 0 Å². The molecule has 0 spiro atoms. The Morgan fingerprint density at radius 2 is 2.42 bits per heavy atom. The normalized spacial score (nSPS) is 39.8. The van der Waals surface area contributed by atoms with Gasteiger partial charge in [0.1, 0.15) is 11.7 Å². The third-order valence-corrected chi connectivity index (χ3v) is 2.71. The summed E-state index contributed by atoms with van der Waals surface area (Å²) in [5, 5.41) is 0. The monoisotopic (exact) mass is 171 g/mol. The highest BCUT2D eigenvalue weighted by atomic mass is 17.3. The van der Waals surface area contributed by atoms with Crippen LogP contribution in [-0.2, 0) is 14.6 Å². The van der Waals surface area contributed by atoms with Crippen molar-refractivity contribution in [1.82, 2.24) is 0 Å². The Morgan fingerprint density at radius 1 is 1.58 bits per heavy atom. The second-order valence-electron chi connectivity index (χ2n) is 3.62. The summed E-state index contributed by atoms with van der Waals surface area (Å²) < 4.78 is 0. The Balaban J connectivity index is 2.02. The van der Waals surface area contributed by atoms with Gasteiger partial charge in [0, 0.05) is 0 Å². The number of carbonyl (C=O) groups excluding carboxylic acids is 1. The maximum absolute atomic E-state index is 10.7. The third-order valence-electron chi connectivity index (χ3n) is 2.71. The lowest BCUT2D eigenvalue weighted by molar-refractivity contribution is -0.516. The van der Waals surface area contributed by atoms with Gasteiger partial charge in [0.2, 0.25) is 5.91 Å². The minimum atomic E-state index is -0.357. The number of hydrogen-bond donors (Lipinski definition) is 1. The first-order valence-corrected chi connectivity index (χ1v) is 4.36. The van der Waals surface area contributed by atoms with Crippen LogP contribution in [0.25, 0.3) is 0 Å². The van der Waals surface area contributed by atoms with Gasteiger partial charge in [-0.15, -0.1) is 0 Å². The zero-order valence-corrected chi connectivity index (χ0v) is 6.91. The molecule has 1 amide bonds. The standard InChI is InChI=1S/C8H13NO3/c9-7(10)5-8-4-2-1-3-6(8)11-12-8/h6H,1-5H2,(H2,9,10). The van der Waals surface area contributed by atoms with Crippen LogP contribution in [0.3, 0.4) is 0 Å². The molecule has 0 bridgehead atoms. The molecule has 0 aromatic heterocycles. The lowest BCUT2D eigenvalue weighted by Crippen LogP contribution is -2.59. The van der Waals surface area contributed by atoms with Gasteiger partial charge in [-0.1, -0.05) is 12.8 Å². The van der Waals surface area contributed by atoms with Crippen molar-refractivity contribution in [2.75, 3.05) is 0 Å². The van der Waals surface area contributed by atoms with Crippen LogP contribution in [0.2, 0.25) is 0 Å². The summed E-state index contributed by atoms with van der Waals surface area (Å²) in [6, 6.07) is 0. The topological polar surface area (TPSA) is 61.6 Å². The summed E-state index contributed by atoms with van der Waals surface area (Å²) >= 11 is 0. The molecule has 2 N–H and O–H groups in total. The van der Waals surface area contributed by atoms with Crippen molar-refractivity contribution in [3.8, 4) is 0 Å². The molecule has 12 heavy (non-hydrogen) atoms. The van der Waals surface area contributed by atoms with Gasteiger partial charge in [-0.25, -0.2) is 9.78 Å². The molecular weight excluding hydrogens is 158 g/mol. The summed E-state index contributed by atoms with van der Waals surface area (Å²) in [6.07, 6.45) is 4.58. The largest absolute Gasteiger partial charge is 0.370 e. The molecule has 1 saturated carbocycles. The summed E-state index contributed by atoms with van der Waals surface area (Å²) in [4.78, 5) is 20.7. The second kappa shape index (κ2) is 2.71. The van der Waals surface area contributed by atoms with Crippen molar-refractivity contribution in [3.63, 3.8) is 0 Å². The van der Waals surface area contributed by atoms with E-state index in [0.717, 1.165) is 25.7 Å². The van der Waals surface area contributed by atoms with E-state index in [1.54, 1.807) is 0 Å². The molecule has 2 aliphatic rings. The van der Waals surface area contributed by atoms with Crippen LogP contribution in [0.15, 0.2) is 0 Å². The van der Waals surface area contributed by atoms with E-state index in [4.69, 9.17) is 15.5 Å². The third kappa shape index (κ3) is 1.11. The summed E-state index contributed by atoms with van der Waals surface area (Å²) in [5.41, 5.74) is 4.77. The van der Waals surface area contributed by atoms with E-state index < -0.39 is 0 Å². The lowest BCUT2D eigenvalue weighted by Gasteiger charge is -2.49. The van der Waals surface area contributed by atoms with E-state index in [2.05, 4.69) is 0 Å². The van der Waals surface area contributed by atoms with Gasteiger partial charge in [-0.3, -0.25) is 4.79 Å². The number of primary amides is 1. The molecule has 4 nitrogen and oxygen atoms in total. The van der Waals surface area contributed by atoms with Gasteiger partial charge in [0.25, 0.3) is 0 Å². The van der Waals surface area contributed by atoms with Crippen LogP contribution in [0.1, 0.15) is 32.1 Å². The number of hydrogen-bond acceptors (Lipinski definition) is 3. The molecule has 2 unspecified atom stereocenters. The SMILES string of the molecule is NC(=O)CC12CCCCC1OO2. The fraction of sp³-hybridized carbons (Fsp3) is 0.875. The molecule has 68 valence electrons. The fourth-order valence-corrected chi connectivity index (χ4v) is 2.05. The van der Waals surface area contributed by atoms with Gasteiger partial charge >= 0.3 is 0 Å². The number of rotatable bonds is 2. The molecule has 4 heteroatoms.